The lowest BCUT2D eigenvalue weighted by atomic mass is 10.2. The third-order valence-electron chi connectivity index (χ3n) is 3.79. The molecule has 2 rings (SSSR count). The smallest absolute Gasteiger partial charge is 0.241 e. The van der Waals surface area contributed by atoms with Crippen molar-refractivity contribution in [2.75, 3.05) is 6.61 Å². The van der Waals surface area contributed by atoms with E-state index in [4.69, 9.17) is 4.74 Å². The maximum absolute atomic E-state index is 12.5. The molecule has 0 spiro atoms. The van der Waals surface area contributed by atoms with E-state index in [1.807, 2.05) is 37.3 Å². The average Bonchev–Trinajstić information content (AvgIpc) is 2.62. The van der Waals surface area contributed by atoms with E-state index in [2.05, 4.69) is 10.0 Å². The molecule has 26 heavy (non-hydrogen) atoms. The molecule has 0 radical (unpaired) electrons. The topological polar surface area (TPSA) is 84.5 Å². The standard InChI is InChI=1S/C19H24N2O4S/c1-4-25-18-11-10-17(12-14(18)2)26(23,24)21-15(3)19(22)20-13-16-8-6-5-7-9-16/h5-12,15,21H,4,13H2,1-3H3,(H,20,22)/t15-/m0/s1. The van der Waals surface area contributed by atoms with Crippen LogP contribution in [0.2, 0.25) is 0 Å². The zero-order chi connectivity index (χ0) is 19.2. The van der Waals surface area contributed by atoms with Gasteiger partial charge in [0.1, 0.15) is 5.75 Å². The molecule has 0 saturated carbocycles. The Bertz CT molecular complexity index is 851. The van der Waals surface area contributed by atoms with Crippen LogP contribution in [0.3, 0.4) is 0 Å². The number of ether oxygens (including phenoxy) is 1. The van der Waals surface area contributed by atoms with Crippen LogP contribution in [0.1, 0.15) is 25.0 Å². The summed E-state index contributed by atoms with van der Waals surface area (Å²) in [4.78, 5) is 12.3. The lowest BCUT2D eigenvalue weighted by Gasteiger charge is -2.15. The van der Waals surface area contributed by atoms with Crippen LogP contribution in [0.4, 0.5) is 0 Å². The molecule has 0 heterocycles. The predicted molar refractivity (Wildman–Crippen MR) is 100 cm³/mol. The van der Waals surface area contributed by atoms with Gasteiger partial charge in [-0.2, -0.15) is 4.72 Å². The van der Waals surface area contributed by atoms with Gasteiger partial charge in [0, 0.05) is 6.54 Å². The first-order valence-corrected chi connectivity index (χ1v) is 9.89. The van der Waals surface area contributed by atoms with Gasteiger partial charge in [-0.3, -0.25) is 4.79 Å². The molecule has 0 bridgehead atoms. The molecule has 140 valence electrons. The van der Waals surface area contributed by atoms with Gasteiger partial charge in [-0.15, -0.1) is 0 Å². The number of aryl methyl sites for hydroxylation is 1. The molecular weight excluding hydrogens is 352 g/mol. The molecule has 0 aliphatic carbocycles. The highest BCUT2D eigenvalue weighted by molar-refractivity contribution is 7.89. The van der Waals surface area contributed by atoms with Crippen molar-refractivity contribution in [1.82, 2.24) is 10.0 Å². The highest BCUT2D eigenvalue weighted by Crippen LogP contribution is 2.21. The maximum atomic E-state index is 12.5. The third-order valence-corrected chi connectivity index (χ3v) is 5.33. The van der Waals surface area contributed by atoms with Gasteiger partial charge in [-0.05, 0) is 50.1 Å². The predicted octanol–water partition coefficient (Wildman–Crippen LogP) is 2.38. The van der Waals surface area contributed by atoms with Crippen molar-refractivity contribution >= 4 is 15.9 Å². The number of hydrogen-bond donors (Lipinski definition) is 2. The maximum Gasteiger partial charge on any atom is 0.241 e. The summed E-state index contributed by atoms with van der Waals surface area (Å²) in [6.07, 6.45) is 0. The highest BCUT2D eigenvalue weighted by atomic mass is 32.2. The molecule has 1 atom stereocenters. The van der Waals surface area contributed by atoms with Gasteiger partial charge in [0.05, 0.1) is 17.5 Å². The molecule has 2 aromatic rings. The second kappa shape index (κ2) is 8.82. The van der Waals surface area contributed by atoms with Crippen LogP contribution >= 0.6 is 0 Å². The number of carbonyl (C=O) groups excluding carboxylic acids is 1. The highest BCUT2D eigenvalue weighted by Gasteiger charge is 2.22. The number of hydrogen-bond acceptors (Lipinski definition) is 4. The van der Waals surface area contributed by atoms with E-state index in [9.17, 15) is 13.2 Å². The number of benzene rings is 2. The molecule has 0 aromatic heterocycles. The molecule has 2 aromatic carbocycles. The summed E-state index contributed by atoms with van der Waals surface area (Å²) in [5.74, 6) is 0.250. The number of sulfonamides is 1. The Morgan fingerprint density at radius 3 is 2.46 bits per heavy atom. The third kappa shape index (κ3) is 5.31. The van der Waals surface area contributed by atoms with Crippen LogP contribution in [0.15, 0.2) is 53.4 Å². The van der Waals surface area contributed by atoms with Crippen molar-refractivity contribution in [3.8, 4) is 5.75 Å². The normalized spacial score (nSPS) is 12.4. The van der Waals surface area contributed by atoms with E-state index < -0.39 is 16.1 Å². The van der Waals surface area contributed by atoms with Gasteiger partial charge in [0.2, 0.25) is 15.9 Å². The molecule has 6 nitrogen and oxygen atoms in total. The second-order valence-electron chi connectivity index (χ2n) is 5.91. The molecule has 0 aliphatic heterocycles. The van der Waals surface area contributed by atoms with Gasteiger partial charge in [-0.1, -0.05) is 30.3 Å². The minimum Gasteiger partial charge on any atom is -0.494 e. The Morgan fingerprint density at radius 2 is 1.85 bits per heavy atom. The summed E-state index contributed by atoms with van der Waals surface area (Å²) in [5.41, 5.74) is 1.66. The van der Waals surface area contributed by atoms with Gasteiger partial charge in [0.15, 0.2) is 0 Å². The Labute approximate surface area is 154 Å². The van der Waals surface area contributed by atoms with Crippen LogP contribution in [0, 0.1) is 6.92 Å². The minimum absolute atomic E-state index is 0.0983. The summed E-state index contributed by atoms with van der Waals surface area (Å²) in [6, 6.07) is 13.1. The van der Waals surface area contributed by atoms with Crippen LogP contribution in [-0.4, -0.2) is 27.0 Å². The quantitative estimate of drug-likeness (QED) is 0.741. The van der Waals surface area contributed by atoms with E-state index in [0.29, 0.717) is 18.9 Å². The van der Waals surface area contributed by atoms with E-state index in [1.165, 1.54) is 19.1 Å². The van der Waals surface area contributed by atoms with Crippen LogP contribution in [0.5, 0.6) is 5.75 Å². The minimum atomic E-state index is -3.81. The van der Waals surface area contributed by atoms with Crippen LogP contribution in [-0.2, 0) is 21.4 Å². The molecule has 0 fully saturated rings. The van der Waals surface area contributed by atoms with Gasteiger partial charge < -0.3 is 10.1 Å². The number of carbonyl (C=O) groups is 1. The summed E-state index contributed by atoms with van der Waals surface area (Å²) in [6.45, 7) is 6.00. The summed E-state index contributed by atoms with van der Waals surface area (Å²) in [5, 5.41) is 2.72. The zero-order valence-corrected chi connectivity index (χ0v) is 16.0. The SMILES string of the molecule is CCOc1ccc(S(=O)(=O)N[C@@H](C)C(=O)NCc2ccccc2)cc1C. The zero-order valence-electron chi connectivity index (χ0n) is 15.2. The van der Waals surface area contributed by atoms with Gasteiger partial charge in [-0.25, -0.2) is 8.42 Å². The summed E-state index contributed by atoms with van der Waals surface area (Å²) < 4.78 is 32.8. The van der Waals surface area contributed by atoms with Crippen molar-refractivity contribution in [3.63, 3.8) is 0 Å². The number of rotatable bonds is 8. The summed E-state index contributed by atoms with van der Waals surface area (Å²) >= 11 is 0. The fraction of sp³-hybridized carbons (Fsp3) is 0.316. The number of amides is 1. The van der Waals surface area contributed by atoms with Crippen molar-refractivity contribution < 1.29 is 17.9 Å². The molecule has 0 aliphatic rings. The van der Waals surface area contributed by atoms with Crippen molar-refractivity contribution in [3.05, 3.63) is 59.7 Å². The second-order valence-corrected chi connectivity index (χ2v) is 7.62. The van der Waals surface area contributed by atoms with E-state index >= 15 is 0 Å². The Kier molecular flexibility index (Phi) is 6.76. The number of nitrogens with one attached hydrogen (secondary N) is 2. The van der Waals surface area contributed by atoms with E-state index in [1.54, 1.807) is 13.0 Å². The van der Waals surface area contributed by atoms with E-state index in [-0.39, 0.29) is 10.8 Å². The molecule has 0 unspecified atom stereocenters. The van der Waals surface area contributed by atoms with E-state index in [0.717, 1.165) is 11.1 Å². The Balaban J connectivity index is 2.01. The van der Waals surface area contributed by atoms with Gasteiger partial charge in [0.25, 0.3) is 0 Å². The largest absolute Gasteiger partial charge is 0.494 e. The average molecular weight is 376 g/mol. The molecule has 7 heteroatoms. The van der Waals surface area contributed by atoms with Crippen molar-refractivity contribution in [2.24, 2.45) is 0 Å². The lowest BCUT2D eigenvalue weighted by Crippen LogP contribution is -2.44. The van der Waals surface area contributed by atoms with Crippen LogP contribution < -0.4 is 14.8 Å². The van der Waals surface area contributed by atoms with Gasteiger partial charge >= 0.3 is 0 Å². The molecule has 2 N–H and O–H groups in total. The lowest BCUT2D eigenvalue weighted by molar-refractivity contribution is -0.122. The van der Waals surface area contributed by atoms with Crippen molar-refractivity contribution in [2.45, 2.75) is 38.3 Å². The van der Waals surface area contributed by atoms with Crippen LogP contribution in [0.25, 0.3) is 0 Å². The molecule has 1 amide bonds. The molecule has 0 saturated heterocycles. The fourth-order valence-electron chi connectivity index (χ4n) is 2.40. The summed E-state index contributed by atoms with van der Waals surface area (Å²) in [7, 11) is -3.81. The molecular formula is C19H24N2O4S. The van der Waals surface area contributed by atoms with Crippen molar-refractivity contribution in [1.29, 1.82) is 0 Å². The Hall–Kier alpha value is -2.38. The monoisotopic (exact) mass is 376 g/mol. The first-order chi connectivity index (χ1) is 12.3. The first kappa shape index (κ1) is 19.9. The Morgan fingerprint density at radius 1 is 1.15 bits per heavy atom. The fourth-order valence-corrected chi connectivity index (χ4v) is 3.69. The first-order valence-electron chi connectivity index (χ1n) is 8.41.